The Hall–Kier alpha value is -1.72. The SMILES string of the molecule is O=[N+]([O-])C1=C[C@H](c2ccsc2)[C@@H](c2ccsc2)C=C1. The van der Waals surface area contributed by atoms with Crippen LogP contribution in [0.4, 0.5) is 0 Å². The average Bonchev–Trinajstić information content (AvgIpc) is 3.11. The molecular weight excluding hydrogens is 278 g/mol. The first-order valence-electron chi connectivity index (χ1n) is 5.84. The summed E-state index contributed by atoms with van der Waals surface area (Å²) in [6.07, 6.45) is 5.33. The Morgan fingerprint density at radius 2 is 1.68 bits per heavy atom. The molecule has 0 amide bonds. The summed E-state index contributed by atoms with van der Waals surface area (Å²) in [6.45, 7) is 0. The van der Waals surface area contributed by atoms with Crippen molar-refractivity contribution in [2.24, 2.45) is 0 Å². The molecule has 2 aromatic heterocycles. The topological polar surface area (TPSA) is 43.1 Å². The summed E-state index contributed by atoms with van der Waals surface area (Å²) >= 11 is 3.28. The fraction of sp³-hybridized carbons (Fsp3) is 0.143. The van der Waals surface area contributed by atoms with Gasteiger partial charge >= 0.3 is 0 Å². The molecule has 0 bridgehead atoms. The van der Waals surface area contributed by atoms with E-state index in [2.05, 4.69) is 16.8 Å². The van der Waals surface area contributed by atoms with Crippen LogP contribution in [0.3, 0.4) is 0 Å². The van der Waals surface area contributed by atoms with Gasteiger partial charge in [0.25, 0.3) is 5.70 Å². The van der Waals surface area contributed by atoms with E-state index in [0.29, 0.717) is 0 Å². The van der Waals surface area contributed by atoms with E-state index >= 15 is 0 Å². The zero-order chi connectivity index (χ0) is 13.2. The van der Waals surface area contributed by atoms with Crippen molar-refractivity contribution in [2.75, 3.05) is 0 Å². The predicted molar refractivity (Wildman–Crippen MR) is 78.3 cm³/mol. The van der Waals surface area contributed by atoms with Gasteiger partial charge in [-0.1, -0.05) is 6.08 Å². The van der Waals surface area contributed by atoms with Crippen LogP contribution in [0.15, 0.2) is 57.6 Å². The van der Waals surface area contributed by atoms with E-state index in [0.717, 1.165) is 5.56 Å². The summed E-state index contributed by atoms with van der Waals surface area (Å²) < 4.78 is 0. The smallest absolute Gasteiger partial charge is 0.258 e. The van der Waals surface area contributed by atoms with Gasteiger partial charge in [-0.15, -0.1) is 0 Å². The summed E-state index contributed by atoms with van der Waals surface area (Å²) in [4.78, 5) is 10.6. The standard InChI is InChI=1S/C14H11NO2S2/c16-15(17)12-1-2-13(10-3-5-18-8-10)14(7-12)11-4-6-19-9-11/h1-9,13-14H/t13-,14-/m1/s1. The fourth-order valence-corrected chi connectivity index (χ4v) is 3.75. The molecule has 3 rings (SSSR count). The summed E-state index contributed by atoms with van der Waals surface area (Å²) in [6, 6.07) is 4.13. The maximum absolute atomic E-state index is 11.0. The van der Waals surface area contributed by atoms with Crippen LogP contribution in [0.2, 0.25) is 0 Å². The largest absolute Gasteiger partial charge is 0.265 e. The van der Waals surface area contributed by atoms with Crippen molar-refractivity contribution in [1.82, 2.24) is 0 Å². The van der Waals surface area contributed by atoms with E-state index in [4.69, 9.17) is 0 Å². The van der Waals surface area contributed by atoms with Crippen molar-refractivity contribution in [2.45, 2.75) is 11.8 Å². The molecule has 96 valence electrons. The zero-order valence-electron chi connectivity index (χ0n) is 9.93. The number of allylic oxidation sites excluding steroid dienone is 3. The van der Waals surface area contributed by atoms with Gasteiger partial charge in [0.2, 0.25) is 0 Å². The molecule has 1 aliphatic rings. The summed E-state index contributed by atoms with van der Waals surface area (Å²) in [7, 11) is 0. The number of rotatable bonds is 3. The Labute approximate surface area is 118 Å². The molecule has 0 saturated heterocycles. The Morgan fingerprint density at radius 1 is 1.05 bits per heavy atom. The normalized spacial score (nSPS) is 22.2. The van der Waals surface area contributed by atoms with Crippen LogP contribution in [0.25, 0.3) is 0 Å². The molecule has 3 nitrogen and oxygen atoms in total. The lowest BCUT2D eigenvalue weighted by Gasteiger charge is -2.23. The molecule has 0 fully saturated rings. The molecule has 5 heteroatoms. The van der Waals surface area contributed by atoms with E-state index < -0.39 is 0 Å². The van der Waals surface area contributed by atoms with Gasteiger partial charge in [0.05, 0.1) is 4.92 Å². The minimum Gasteiger partial charge on any atom is -0.258 e. The first kappa shape index (κ1) is 12.3. The van der Waals surface area contributed by atoms with E-state index in [9.17, 15) is 10.1 Å². The third kappa shape index (κ3) is 2.39. The number of thiophene rings is 2. The first-order valence-corrected chi connectivity index (χ1v) is 7.73. The molecule has 2 atom stereocenters. The van der Waals surface area contributed by atoms with Gasteiger partial charge in [0.1, 0.15) is 0 Å². The molecule has 0 aliphatic heterocycles. The molecule has 0 radical (unpaired) electrons. The quantitative estimate of drug-likeness (QED) is 0.620. The maximum Gasteiger partial charge on any atom is 0.265 e. The molecule has 0 saturated carbocycles. The first-order chi connectivity index (χ1) is 9.25. The fourth-order valence-electron chi connectivity index (χ4n) is 2.34. The van der Waals surface area contributed by atoms with Crippen LogP contribution in [-0.4, -0.2) is 4.92 Å². The Bertz CT molecular complexity index is 626. The maximum atomic E-state index is 11.0. The summed E-state index contributed by atoms with van der Waals surface area (Å²) in [5, 5.41) is 19.2. The molecule has 2 heterocycles. The van der Waals surface area contributed by atoms with E-state index in [1.54, 1.807) is 34.8 Å². The van der Waals surface area contributed by atoms with Crippen molar-refractivity contribution in [3.8, 4) is 0 Å². The summed E-state index contributed by atoms with van der Waals surface area (Å²) in [5.74, 6) is 0.232. The highest BCUT2D eigenvalue weighted by molar-refractivity contribution is 7.08. The highest BCUT2D eigenvalue weighted by atomic mass is 32.1. The highest BCUT2D eigenvalue weighted by Crippen LogP contribution is 2.40. The highest BCUT2D eigenvalue weighted by Gasteiger charge is 2.28. The lowest BCUT2D eigenvalue weighted by Crippen LogP contribution is -2.12. The molecule has 0 N–H and O–H groups in total. The number of hydrogen-bond donors (Lipinski definition) is 0. The lowest BCUT2D eigenvalue weighted by molar-refractivity contribution is -0.419. The molecule has 0 aromatic carbocycles. The van der Waals surface area contributed by atoms with Gasteiger partial charge in [-0.25, -0.2) is 0 Å². The van der Waals surface area contributed by atoms with Crippen molar-refractivity contribution in [1.29, 1.82) is 0 Å². The van der Waals surface area contributed by atoms with Crippen LogP contribution in [0, 0.1) is 10.1 Å². The monoisotopic (exact) mass is 289 g/mol. The van der Waals surface area contributed by atoms with Gasteiger partial charge in [0.15, 0.2) is 0 Å². The second-order valence-corrected chi connectivity index (χ2v) is 5.93. The van der Waals surface area contributed by atoms with Crippen molar-refractivity contribution in [3.05, 3.63) is 78.8 Å². The van der Waals surface area contributed by atoms with Gasteiger partial charge in [-0.3, -0.25) is 10.1 Å². The van der Waals surface area contributed by atoms with E-state index in [1.807, 2.05) is 22.9 Å². The Morgan fingerprint density at radius 3 is 2.21 bits per heavy atom. The Kier molecular flexibility index (Phi) is 3.31. The van der Waals surface area contributed by atoms with Crippen LogP contribution in [0.1, 0.15) is 23.0 Å². The van der Waals surface area contributed by atoms with Crippen molar-refractivity contribution >= 4 is 22.7 Å². The van der Waals surface area contributed by atoms with Crippen molar-refractivity contribution < 1.29 is 4.92 Å². The number of nitro groups is 1. The van der Waals surface area contributed by atoms with Crippen LogP contribution < -0.4 is 0 Å². The van der Waals surface area contributed by atoms with Gasteiger partial charge in [0, 0.05) is 24.0 Å². The zero-order valence-corrected chi connectivity index (χ0v) is 11.6. The van der Waals surface area contributed by atoms with E-state index in [-0.39, 0.29) is 22.5 Å². The van der Waals surface area contributed by atoms with Gasteiger partial charge < -0.3 is 0 Å². The number of nitrogens with zero attached hydrogens (tertiary/aromatic N) is 1. The van der Waals surface area contributed by atoms with Crippen LogP contribution in [0.5, 0.6) is 0 Å². The minimum absolute atomic E-state index is 0.0475. The van der Waals surface area contributed by atoms with E-state index in [1.165, 1.54) is 5.56 Å². The molecule has 19 heavy (non-hydrogen) atoms. The third-order valence-electron chi connectivity index (χ3n) is 3.28. The average molecular weight is 289 g/mol. The number of hydrogen-bond acceptors (Lipinski definition) is 4. The molecule has 0 spiro atoms. The molecular formula is C14H11NO2S2. The molecule has 1 aliphatic carbocycles. The second kappa shape index (κ2) is 5.11. The van der Waals surface area contributed by atoms with Gasteiger partial charge in [-0.2, -0.15) is 22.7 Å². The third-order valence-corrected chi connectivity index (χ3v) is 4.68. The summed E-state index contributed by atoms with van der Waals surface area (Å²) in [5.41, 5.74) is 2.55. The molecule has 2 aromatic rings. The molecule has 0 unspecified atom stereocenters. The Balaban J connectivity index is 2.02. The van der Waals surface area contributed by atoms with Crippen molar-refractivity contribution in [3.63, 3.8) is 0 Å². The van der Waals surface area contributed by atoms with Crippen LogP contribution in [-0.2, 0) is 0 Å². The van der Waals surface area contributed by atoms with Gasteiger partial charge in [-0.05, 0) is 44.8 Å². The minimum atomic E-state index is -0.320. The lowest BCUT2D eigenvalue weighted by atomic mass is 9.80. The van der Waals surface area contributed by atoms with Crippen LogP contribution >= 0.6 is 22.7 Å². The predicted octanol–water partition coefficient (Wildman–Crippen LogP) is 4.41. The second-order valence-electron chi connectivity index (χ2n) is 4.37.